The van der Waals surface area contributed by atoms with Crippen LogP contribution in [-0.2, 0) is 6.54 Å². The second kappa shape index (κ2) is 7.45. The Morgan fingerprint density at radius 2 is 2.07 bits per heavy atom. The lowest BCUT2D eigenvalue weighted by atomic mass is 10.0. The van der Waals surface area contributed by atoms with Crippen LogP contribution in [0, 0.1) is 0 Å². The van der Waals surface area contributed by atoms with E-state index in [-0.39, 0.29) is 0 Å². The first-order valence-electron chi connectivity index (χ1n) is 9.53. The maximum atomic E-state index is 5.56. The number of hydrogen-bond donors (Lipinski definition) is 0. The van der Waals surface area contributed by atoms with E-state index in [0.29, 0.717) is 12.8 Å². The largest absolute Gasteiger partial charge is 0.496 e. The smallest absolute Gasteiger partial charge is 0.231 e. The lowest BCUT2D eigenvalue weighted by molar-refractivity contribution is 0.173. The molecule has 28 heavy (non-hydrogen) atoms. The zero-order chi connectivity index (χ0) is 18.9. The zero-order valence-corrected chi connectivity index (χ0v) is 16.6. The Bertz CT molecular complexity index is 987. The summed E-state index contributed by atoms with van der Waals surface area (Å²) >= 11 is 1.67. The number of hydrogen-bond acceptors (Lipinski definition) is 6. The molecule has 1 aromatic heterocycles. The van der Waals surface area contributed by atoms with E-state index in [0.717, 1.165) is 53.0 Å². The molecule has 1 saturated heterocycles. The van der Waals surface area contributed by atoms with Crippen LogP contribution in [0.2, 0.25) is 0 Å². The highest BCUT2D eigenvalue weighted by Crippen LogP contribution is 2.40. The highest BCUT2D eigenvalue weighted by Gasteiger charge is 2.28. The molecule has 0 aliphatic carbocycles. The van der Waals surface area contributed by atoms with E-state index in [1.807, 2.05) is 24.3 Å². The Kier molecular flexibility index (Phi) is 4.66. The van der Waals surface area contributed by atoms with Crippen molar-refractivity contribution >= 4 is 11.3 Å². The predicted octanol–water partition coefficient (Wildman–Crippen LogP) is 4.88. The topological polar surface area (TPSA) is 43.8 Å². The van der Waals surface area contributed by atoms with Crippen LogP contribution in [0.4, 0.5) is 0 Å². The number of ether oxygens (including phenoxy) is 3. The predicted molar refractivity (Wildman–Crippen MR) is 109 cm³/mol. The maximum absolute atomic E-state index is 5.56. The molecule has 3 heterocycles. The molecule has 1 unspecified atom stereocenters. The monoisotopic (exact) mass is 394 g/mol. The van der Waals surface area contributed by atoms with Crippen LogP contribution in [-0.4, -0.2) is 30.3 Å². The lowest BCUT2D eigenvalue weighted by Gasteiger charge is -2.24. The number of likely N-dealkylation sites (tertiary alicyclic amines) is 1. The summed E-state index contributed by atoms with van der Waals surface area (Å²) in [5, 5.41) is 3.17. The van der Waals surface area contributed by atoms with Crippen LogP contribution in [0.15, 0.2) is 47.8 Å². The molecule has 0 saturated carbocycles. The highest BCUT2D eigenvalue weighted by molar-refractivity contribution is 7.13. The van der Waals surface area contributed by atoms with Crippen molar-refractivity contribution in [3.8, 4) is 27.8 Å². The summed E-state index contributed by atoms with van der Waals surface area (Å²) in [7, 11) is 1.70. The Hall–Kier alpha value is -2.57. The molecule has 2 aliphatic heterocycles. The number of para-hydroxylation sites is 1. The van der Waals surface area contributed by atoms with Crippen LogP contribution < -0.4 is 14.2 Å². The van der Waals surface area contributed by atoms with Gasteiger partial charge in [0.25, 0.3) is 0 Å². The van der Waals surface area contributed by atoms with Gasteiger partial charge >= 0.3 is 0 Å². The number of thiazole rings is 1. The first kappa shape index (κ1) is 17.5. The van der Waals surface area contributed by atoms with Gasteiger partial charge in [0, 0.05) is 18.0 Å². The molecule has 3 aromatic rings. The minimum Gasteiger partial charge on any atom is -0.496 e. The quantitative estimate of drug-likeness (QED) is 0.617. The molecule has 5 rings (SSSR count). The zero-order valence-electron chi connectivity index (χ0n) is 15.8. The highest BCUT2D eigenvalue weighted by atomic mass is 32.1. The van der Waals surface area contributed by atoms with Gasteiger partial charge in [0.15, 0.2) is 11.5 Å². The summed E-state index contributed by atoms with van der Waals surface area (Å²) in [4.78, 5) is 7.40. The number of nitrogens with zero attached hydrogens (tertiary/aromatic N) is 2. The SMILES string of the molecule is COc1ccccc1-c1nc(CN2CCCC2c2ccc3c(c2)OCO3)cs1. The van der Waals surface area contributed by atoms with Crippen LogP contribution in [0.25, 0.3) is 10.6 Å². The molecule has 2 aliphatic rings. The number of methoxy groups -OCH3 is 1. The van der Waals surface area contributed by atoms with Crippen molar-refractivity contribution in [1.82, 2.24) is 9.88 Å². The number of benzene rings is 2. The molecule has 1 atom stereocenters. The summed E-state index contributed by atoms with van der Waals surface area (Å²) in [6.45, 7) is 2.25. The van der Waals surface area contributed by atoms with E-state index >= 15 is 0 Å². The molecule has 144 valence electrons. The fraction of sp³-hybridized carbons (Fsp3) is 0.318. The molecule has 0 radical (unpaired) electrons. The Balaban J connectivity index is 1.35. The van der Waals surface area contributed by atoms with Crippen molar-refractivity contribution in [3.63, 3.8) is 0 Å². The van der Waals surface area contributed by atoms with Gasteiger partial charge in [0.05, 0.1) is 18.4 Å². The third-order valence-electron chi connectivity index (χ3n) is 5.40. The minimum atomic E-state index is 0.317. The van der Waals surface area contributed by atoms with Crippen LogP contribution >= 0.6 is 11.3 Å². The molecule has 0 bridgehead atoms. The van der Waals surface area contributed by atoms with E-state index in [1.165, 1.54) is 12.0 Å². The van der Waals surface area contributed by atoms with Gasteiger partial charge in [-0.3, -0.25) is 4.90 Å². The number of rotatable bonds is 5. The van der Waals surface area contributed by atoms with E-state index in [4.69, 9.17) is 19.2 Å². The van der Waals surface area contributed by atoms with Gasteiger partial charge in [-0.25, -0.2) is 4.98 Å². The molecule has 2 aromatic carbocycles. The fourth-order valence-electron chi connectivity index (χ4n) is 4.05. The van der Waals surface area contributed by atoms with Crippen LogP contribution in [0.3, 0.4) is 0 Å². The van der Waals surface area contributed by atoms with Crippen molar-refractivity contribution in [2.75, 3.05) is 20.4 Å². The van der Waals surface area contributed by atoms with Crippen molar-refractivity contribution in [2.24, 2.45) is 0 Å². The summed E-state index contributed by atoms with van der Waals surface area (Å²) in [6, 6.07) is 14.8. The average molecular weight is 394 g/mol. The van der Waals surface area contributed by atoms with Crippen molar-refractivity contribution in [3.05, 3.63) is 59.1 Å². The van der Waals surface area contributed by atoms with Gasteiger partial charge in [0.2, 0.25) is 6.79 Å². The number of fused-ring (bicyclic) bond motifs is 1. The third-order valence-corrected chi connectivity index (χ3v) is 6.32. The summed E-state index contributed by atoms with van der Waals surface area (Å²) < 4.78 is 16.5. The average Bonchev–Trinajstić information content (AvgIpc) is 3.48. The van der Waals surface area contributed by atoms with E-state index in [1.54, 1.807) is 18.4 Å². The molecule has 5 nitrogen and oxygen atoms in total. The third kappa shape index (κ3) is 3.23. The molecular weight excluding hydrogens is 372 g/mol. The lowest BCUT2D eigenvalue weighted by Crippen LogP contribution is -2.22. The standard InChI is InChI=1S/C22H22N2O3S/c1-25-19-7-3-2-5-17(19)22-23-16(13-28-22)12-24-10-4-6-18(24)15-8-9-20-21(11-15)27-14-26-20/h2-3,5,7-9,11,13,18H,4,6,10,12,14H2,1H3. The summed E-state index contributed by atoms with van der Waals surface area (Å²) in [5.41, 5.74) is 3.45. The molecule has 6 heteroatoms. The Labute approximate surface area is 168 Å². The van der Waals surface area contributed by atoms with Gasteiger partial charge in [-0.15, -0.1) is 11.3 Å². The fourth-order valence-corrected chi connectivity index (χ4v) is 4.89. The first-order valence-corrected chi connectivity index (χ1v) is 10.4. The normalized spacial score (nSPS) is 18.5. The second-order valence-electron chi connectivity index (χ2n) is 7.09. The van der Waals surface area contributed by atoms with Crippen LogP contribution in [0.5, 0.6) is 17.2 Å². The van der Waals surface area contributed by atoms with E-state index in [9.17, 15) is 0 Å². The molecule has 1 fully saturated rings. The second-order valence-corrected chi connectivity index (χ2v) is 7.94. The van der Waals surface area contributed by atoms with Crippen molar-refractivity contribution < 1.29 is 14.2 Å². The van der Waals surface area contributed by atoms with E-state index in [2.05, 4.69) is 28.5 Å². The number of aromatic nitrogens is 1. The van der Waals surface area contributed by atoms with Crippen molar-refractivity contribution in [1.29, 1.82) is 0 Å². The minimum absolute atomic E-state index is 0.317. The summed E-state index contributed by atoms with van der Waals surface area (Å²) in [5.74, 6) is 2.56. The molecule has 0 spiro atoms. The van der Waals surface area contributed by atoms with Gasteiger partial charge < -0.3 is 14.2 Å². The Morgan fingerprint density at radius 1 is 1.18 bits per heavy atom. The van der Waals surface area contributed by atoms with Gasteiger partial charge in [0.1, 0.15) is 10.8 Å². The molecule has 0 N–H and O–H groups in total. The van der Waals surface area contributed by atoms with Gasteiger partial charge in [-0.05, 0) is 49.2 Å². The Morgan fingerprint density at radius 3 is 3.00 bits per heavy atom. The van der Waals surface area contributed by atoms with Crippen LogP contribution in [0.1, 0.15) is 30.1 Å². The summed E-state index contributed by atoms with van der Waals surface area (Å²) in [6.07, 6.45) is 2.35. The molecule has 0 amide bonds. The first-order chi connectivity index (χ1) is 13.8. The van der Waals surface area contributed by atoms with Gasteiger partial charge in [-0.2, -0.15) is 0 Å². The van der Waals surface area contributed by atoms with Crippen molar-refractivity contribution in [2.45, 2.75) is 25.4 Å². The van der Waals surface area contributed by atoms with E-state index < -0.39 is 0 Å². The molecular formula is C22H22N2O3S. The van der Waals surface area contributed by atoms with Gasteiger partial charge in [-0.1, -0.05) is 18.2 Å². The maximum Gasteiger partial charge on any atom is 0.231 e.